The predicted octanol–water partition coefficient (Wildman–Crippen LogP) is 2.28. The Bertz CT molecular complexity index is 104. The quantitative estimate of drug-likeness (QED) is 0.457. The molecule has 0 amide bonds. The summed E-state index contributed by atoms with van der Waals surface area (Å²) in [5, 5.41) is 0. The van der Waals surface area contributed by atoms with Crippen molar-refractivity contribution in [2.24, 2.45) is 5.92 Å². The average Bonchev–Trinajstić information content (AvgIpc) is 1.87. The number of ether oxygens (including phenoxy) is 1. The molecule has 0 aromatic heterocycles. The van der Waals surface area contributed by atoms with E-state index in [2.05, 4.69) is 36.8 Å². The third-order valence-corrected chi connectivity index (χ3v) is 2.37. The third kappa shape index (κ3) is 6.84. The number of hydrogen-bond acceptors (Lipinski definition) is 1. The Morgan fingerprint density at radius 3 is 2.36 bits per heavy atom. The van der Waals surface area contributed by atoms with Crippen molar-refractivity contribution in [2.75, 3.05) is 6.61 Å². The molecule has 0 rings (SSSR count). The molecule has 0 aromatic rings. The van der Waals surface area contributed by atoms with Crippen molar-refractivity contribution in [1.29, 1.82) is 0 Å². The van der Waals surface area contributed by atoms with E-state index in [1.807, 2.05) is 7.00 Å². The van der Waals surface area contributed by atoms with Crippen LogP contribution in [0, 0.1) is 5.92 Å². The molecule has 0 aromatic carbocycles. The predicted molar refractivity (Wildman–Crippen MR) is 55.0 cm³/mol. The monoisotopic (exact) mass is 173 g/mol. The lowest BCUT2D eigenvalue weighted by Crippen LogP contribution is -2.29. The van der Waals surface area contributed by atoms with Gasteiger partial charge < -0.3 is 4.74 Å². The normalized spacial score (nSPS) is 12.2. The van der Waals surface area contributed by atoms with Crippen LogP contribution in [0.15, 0.2) is 0 Å². The van der Waals surface area contributed by atoms with Crippen LogP contribution in [0.1, 0.15) is 34.1 Å². The van der Waals surface area contributed by atoms with Crippen molar-refractivity contribution in [3.63, 3.8) is 0 Å². The van der Waals surface area contributed by atoms with Gasteiger partial charge in [-0.1, -0.05) is 13.8 Å². The summed E-state index contributed by atoms with van der Waals surface area (Å²) >= 11 is 0. The average molecular weight is 173 g/mol. The van der Waals surface area contributed by atoms with Gasteiger partial charge in [-0.15, -0.1) is 0 Å². The van der Waals surface area contributed by atoms with Gasteiger partial charge in [-0.05, 0) is 26.2 Å². The molecule has 1 radical (unpaired) electrons. The minimum absolute atomic E-state index is 0.0838. The summed E-state index contributed by atoms with van der Waals surface area (Å²) in [6.07, 6.45) is 1.14. The van der Waals surface area contributed by atoms with E-state index in [-0.39, 0.29) is 5.50 Å². The van der Waals surface area contributed by atoms with Crippen LogP contribution >= 0.6 is 9.12 Å². The molecule has 0 spiro atoms. The standard InChI is InChI=1S/C8H19BOP/c1-7(2)5-6-10-8(3,4)9-11/h7H,5-6,11H2,1-4H3. The first-order chi connectivity index (χ1) is 4.98. The summed E-state index contributed by atoms with van der Waals surface area (Å²) in [4.78, 5) is 0. The van der Waals surface area contributed by atoms with Crippen molar-refractivity contribution in [1.82, 2.24) is 0 Å². The molecule has 0 aliphatic rings. The van der Waals surface area contributed by atoms with Crippen LogP contribution < -0.4 is 0 Å². The second kappa shape index (κ2) is 5.16. The summed E-state index contributed by atoms with van der Waals surface area (Å²) in [6, 6.07) is 0. The van der Waals surface area contributed by atoms with Gasteiger partial charge in [0.15, 0.2) is 7.00 Å². The van der Waals surface area contributed by atoms with E-state index >= 15 is 0 Å². The molecule has 11 heavy (non-hydrogen) atoms. The Morgan fingerprint density at radius 1 is 1.45 bits per heavy atom. The maximum atomic E-state index is 5.61. The first kappa shape index (κ1) is 11.5. The van der Waals surface area contributed by atoms with Crippen LogP contribution in [0.3, 0.4) is 0 Å². The van der Waals surface area contributed by atoms with E-state index in [1.165, 1.54) is 0 Å². The maximum absolute atomic E-state index is 5.61. The van der Waals surface area contributed by atoms with E-state index in [0.29, 0.717) is 0 Å². The van der Waals surface area contributed by atoms with Crippen LogP contribution in [-0.4, -0.2) is 19.1 Å². The van der Waals surface area contributed by atoms with Crippen molar-refractivity contribution < 1.29 is 4.74 Å². The van der Waals surface area contributed by atoms with E-state index < -0.39 is 0 Å². The molecule has 0 aliphatic heterocycles. The molecule has 65 valence electrons. The first-order valence-electron chi connectivity index (χ1n) is 4.18. The molecule has 0 saturated heterocycles. The van der Waals surface area contributed by atoms with Gasteiger partial charge in [-0.2, -0.15) is 9.12 Å². The minimum atomic E-state index is -0.0838. The van der Waals surface area contributed by atoms with Crippen LogP contribution in [-0.2, 0) is 4.74 Å². The highest BCUT2D eigenvalue weighted by atomic mass is 31.0. The van der Waals surface area contributed by atoms with Crippen LogP contribution in [0.2, 0.25) is 0 Å². The fourth-order valence-corrected chi connectivity index (χ4v) is 0.702. The Hall–Kier alpha value is 0.455. The highest BCUT2D eigenvalue weighted by molar-refractivity contribution is 7.56. The summed E-state index contributed by atoms with van der Waals surface area (Å²) < 4.78 is 5.61. The van der Waals surface area contributed by atoms with Crippen molar-refractivity contribution in [3.8, 4) is 0 Å². The maximum Gasteiger partial charge on any atom is 0.180 e. The molecule has 0 saturated carbocycles. The molecular formula is C8H19BOP. The SMILES string of the molecule is CC(C)CCOC(C)(C)[B]P. The number of rotatable bonds is 5. The molecule has 0 heterocycles. The van der Waals surface area contributed by atoms with Gasteiger partial charge in [0.2, 0.25) is 0 Å². The Kier molecular flexibility index (Phi) is 5.38. The van der Waals surface area contributed by atoms with Crippen molar-refractivity contribution in [3.05, 3.63) is 0 Å². The molecular weight excluding hydrogens is 154 g/mol. The first-order valence-corrected chi connectivity index (χ1v) is 4.84. The van der Waals surface area contributed by atoms with E-state index in [1.54, 1.807) is 0 Å². The lowest BCUT2D eigenvalue weighted by molar-refractivity contribution is 0.0383. The molecule has 0 fully saturated rings. The van der Waals surface area contributed by atoms with Crippen LogP contribution in [0.5, 0.6) is 0 Å². The minimum Gasteiger partial charge on any atom is -0.384 e. The fraction of sp³-hybridized carbons (Fsp3) is 1.00. The molecule has 0 N–H and O–H groups in total. The molecule has 0 aliphatic carbocycles. The smallest absolute Gasteiger partial charge is 0.180 e. The summed E-state index contributed by atoms with van der Waals surface area (Å²) in [7, 11) is 2.59. The molecule has 1 nitrogen and oxygen atoms in total. The lowest BCUT2D eigenvalue weighted by atomic mass is 9.84. The summed E-state index contributed by atoms with van der Waals surface area (Å²) in [5.41, 5.74) is -0.0838. The van der Waals surface area contributed by atoms with Gasteiger partial charge in [-0.25, -0.2) is 0 Å². The Balaban J connectivity index is 3.38. The number of hydrogen-bond donors (Lipinski definition) is 0. The Morgan fingerprint density at radius 2 is 2.00 bits per heavy atom. The highest BCUT2D eigenvalue weighted by Crippen LogP contribution is 2.11. The zero-order valence-corrected chi connectivity index (χ0v) is 9.21. The highest BCUT2D eigenvalue weighted by Gasteiger charge is 2.15. The van der Waals surface area contributed by atoms with E-state index in [0.717, 1.165) is 18.9 Å². The van der Waals surface area contributed by atoms with Gasteiger partial charge in [-0.3, -0.25) is 0 Å². The molecule has 1 atom stereocenters. The Labute approximate surface area is 73.7 Å². The fourth-order valence-electron chi connectivity index (χ4n) is 0.606. The second-order valence-corrected chi connectivity index (χ2v) is 4.13. The topological polar surface area (TPSA) is 9.23 Å². The van der Waals surface area contributed by atoms with Crippen molar-refractivity contribution >= 4 is 16.1 Å². The van der Waals surface area contributed by atoms with E-state index in [4.69, 9.17) is 4.74 Å². The van der Waals surface area contributed by atoms with Gasteiger partial charge in [0, 0.05) is 12.1 Å². The molecule has 0 bridgehead atoms. The second-order valence-electron chi connectivity index (χ2n) is 3.80. The zero-order chi connectivity index (χ0) is 8.91. The summed E-state index contributed by atoms with van der Waals surface area (Å²) in [6.45, 7) is 11.4. The largest absolute Gasteiger partial charge is 0.384 e. The van der Waals surface area contributed by atoms with Gasteiger partial charge >= 0.3 is 0 Å². The summed E-state index contributed by atoms with van der Waals surface area (Å²) in [5.74, 6) is 0.732. The van der Waals surface area contributed by atoms with Gasteiger partial charge in [0.1, 0.15) is 0 Å². The molecule has 1 unspecified atom stereocenters. The van der Waals surface area contributed by atoms with Gasteiger partial charge in [0.05, 0.1) is 0 Å². The zero-order valence-electron chi connectivity index (χ0n) is 8.05. The van der Waals surface area contributed by atoms with E-state index in [9.17, 15) is 0 Å². The van der Waals surface area contributed by atoms with Gasteiger partial charge in [0.25, 0.3) is 0 Å². The van der Waals surface area contributed by atoms with Crippen molar-refractivity contribution in [2.45, 2.75) is 39.6 Å². The molecule has 3 heteroatoms. The van der Waals surface area contributed by atoms with Crippen LogP contribution in [0.25, 0.3) is 0 Å². The third-order valence-electron chi connectivity index (χ3n) is 1.57. The lowest BCUT2D eigenvalue weighted by Gasteiger charge is -2.23. The van der Waals surface area contributed by atoms with Crippen LogP contribution in [0.4, 0.5) is 0 Å².